The van der Waals surface area contributed by atoms with Gasteiger partial charge in [0.05, 0.1) is 19.3 Å². The summed E-state index contributed by atoms with van der Waals surface area (Å²) in [7, 11) is 5.78. The molecule has 1 heterocycles. The van der Waals surface area contributed by atoms with E-state index in [1.165, 1.54) is 6.07 Å². The van der Waals surface area contributed by atoms with Crippen LogP contribution >= 0.6 is 0 Å². The van der Waals surface area contributed by atoms with E-state index in [1.54, 1.807) is 19.1 Å². The second-order valence-electron chi connectivity index (χ2n) is 4.07. The lowest BCUT2D eigenvalue weighted by Crippen LogP contribution is -2.20. The van der Waals surface area contributed by atoms with E-state index in [0.717, 1.165) is 0 Å². The Kier molecular flexibility index (Phi) is 4.19. The minimum atomic E-state index is -2.89. The Bertz CT molecular complexity index is 410. The average Bonchev–Trinajstić information content (AvgIpc) is 3.12. The van der Waals surface area contributed by atoms with Gasteiger partial charge in [-0.3, -0.25) is 0 Å². The topological polar surface area (TPSA) is 31.0 Å². The van der Waals surface area contributed by atoms with Gasteiger partial charge in [0.15, 0.2) is 0 Å². The van der Waals surface area contributed by atoms with Crippen LogP contribution in [-0.4, -0.2) is 33.8 Å². The fraction of sp³-hybridized carbons (Fsp3) is 0.500. The van der Waals surface area contributed by atoms with Crippen LogP contribution in [0.4, 0.5) is 8.78 Å². The molecular formula is C12H13BF2O3. The quantitative estimate of drug-likeness (QED) is 0.570. The second-order valence-corrected chi connectivity index (χ2v) is 4.07. The van der Waals surface area contributed by atoms with Crippen molar-refractivity contribution in [1.82, 2.24) is 0 Å². The number of benzene rings is 1. The Labute approximate surface area is 105 Å². The van der Waals surface area contributed by atoms with Crippen LogP contribution in [0.3, 0.4) is 0 Å². The molecule has 2 unspecified atom stereocenters. The van der Waals surface area contributed by atoms with Gasteiger partial charge in [0.2, 0.25) is 0 Å². The average molecular weight is 254 g/mol. The molecule has 3 nitrogen and oxygen atoms in total. The van der Waals surface area contributed by atoms with E-state index in [9.17, 15) is 8.78 Å². The third-order valence-corrected chi connectivity index (χ3v) is 2.69. The summed E-state index contributed by atoms with van der Waals surface area (Å²) in [6.07, 6.45) is -0.149. The van der Waals surface area contributed by atoms with Gasteiger partial charge in [0.25, 0.3) is 0 Å². The van der Waals surface area contributed by atoms with Gasteiger partial charge >= 0.3 is 6.61 Å². The number of hydrogen-bond acceptors (Lipinski definition) is 3. The molecule has 1 aliphatic heterocycles. The second kappa shape index (κ2) is 5.67. The van der Waals surface area contributed by atoms with Crippen LogP contribution < -0.4 is 10.2 Å². The van der Waals surface area contributed by atoms with Crippen LogP contribution in [0.1, 0.15) is 18.6 Å². The van der Waals surface area contributed by atoms with Crippen LogP contribution in [0.2, 0.25) is 0 Å². The van der Waals surface area contributed by atoms with E-state index in [2.05, 4.69) is 4.74 Å². The summed E-state index contributed by atoms with van der Waals surface area (Å²) in [5.41, 5.74) is 0.816. The van der Waals surface area contributed by atoms with Crippen LogP contribution in [0.25, 0.3) is 0 Å². The molecule has 0 aliphatic carbocycles. The molecule has 0 spiro atoms. The SMILES string of the molecule is [B]c1c(OC(F)F)cccc1C(C)OCC1CO1. The molecule has 1 saturated heterocycles. The van der Waals surface area contributed by atoms with E-state index in [-0.39, 0.29) is 23.4 Å². The van der Waals surface area contributed by atoms with Crippen molar-refractivity contribution in [3.05, 3.63) is 23.8 Å². The van der Waals surface area contributed by atoms with Gasteiger partial charge in [-0.25, -0.2) is 0 Å². The Morgan fingerprint density at radius 3 is 2.83 bits per heavy atom. The summed E-state index contributed by atoms with van der Waals surface area (Å²) < 4.78 is 39.2. The summed E-state index contributed by atoms with van der Waals surface area (Å²) in [6.45, 7) is 0.0935. The summed E-state index contributed by atoms with van der Waals surface area (Å²) in [4.78, 5) is 0. The number of rotatable bonds is 6. The molecule has 1 aliphatic rings. The van der Waals surface area contributed by atoms with Gasteiger partial charge in [0, 0.05) is 0 Å². The molecule has 1 aromatic rings. The van der Waals surface area contributed by atoms with Crippen molar-refractivity contribution in [3.8, 4) is 5.75 Å². The Hall–Kier alpha value is -1.14. The Morgan fingerprint density at radius 1 is 1.50 bits per heavy atom. The van der Waals surface area contributed by atoms with Crippen molar-refractivity contribution < 1.29 is 23.0 Å². The van der Waals surface area contributed by atoms with Crippen molar-refractivity contribution in [1.29, 1.82) is 0 Å². The van der Waals surface area contributed by atoms with E-state index < -0.39 is 6.61 Å². The largest absolute Gasteiger partial charge is 0.435 e. The van der Waals surface area contributed by atoms with Gasteiger partial charge in [-0.15, -0.1) is 0 Å². The Balaban J connectivity index is 2.05. The summed E-state index contributed by atoms with van der Waals surface area (Å²) in [6, 6.07) is 4.74. The lowest BCUT2D eigenvalue weighted by atomic mass is 9.87. The van der Waals surface area contributed by atoms with E-state index in [4.69, 9.17) is 17.3 Å². The third-order valence-electron chi connectivity index (χ3n) is 2.69. The molecule has 0 saturated carbocycles. The first-order valence-electron chi connectivity index (χ1n) is 5.64. The molecule has 0 N–H and O–H groups in total. The number of epoxide rings is 1. The van der Waals surface area contributed by atoms with E-state index in [0.29, 0.717) is 18.8 Å². The zero-order chi connectivity index (χ0) is 13.1. The fourth-order valence-corrected chi connectivity index (χ4v) is 1.62. The molecule has 2 radical (unpaired) electrons. The molecule has 0 amide bonds. The van der Waals surface area contributed by atoms with Crippen LogP contribution in [0, 0.1) is 0 Å². The van der Waals surface area contributed by atoms with Crippen LogP contribution in [0.15, 0.2) is 18.2 Å². The standard InChI is InChI=1S/C12H13BF2O3/c1-7(16-5-8-6-17-8)9-3-2-4-10(11(9)13)18-12(14)15/h2-4,7-8,12H,5-6H2,1H3. The third kappa shape index (κ3) is 3.43. The first-order chi connectivity index (χ1) is 8.58. The van der Waals surface area contributed by atoms with Crippen molar-refractivity contribution in [2.75, 3.05) is 13.2 Å². The number of ether oxygens (including phenoxy) is 3. The minimum Gasteiger partial charge on any atom is -0.435 e. The molecule has 0 aromatic heterocycles. The normalized spacial score (nSPS) is 19.9. The zero-order valence-corrected chi connectivity index (χ0v) is 9.94. The first kappa shape index (κ1) is 13.3. The molecular weight excluding hydrogens is 241 g/mol. The predicted octanol–water partition coefficient (Wildman–Crippen LogP) is 1.56. The van der Waals surface area contributed by atoms with Crippen LogP contribution in [-0.2, 0) is 9.47 Å². The molecule has 96 valence electrons. The van der Waals surface area contributed by atoms with Crippen molar-refractivity contribution in [2.45, 2.75) is 25.7 Å². The van der Waals surface area contributed by atoms with Crippen molar-refractivity contribution in [2.24, 2.45) is 0 Å². The van der Waals surface area contributed by atoms with Gasteiger partial charge < -0.3 is 14.2 Å². The van der Waals surface area contributed by atoms with E-state index >= 15 is 0 Å². The molecule has 1 aromatic carbocycles. The highest BCUT2D eigenvalue weighted by atomic mass is 19.3. The molecule has 0 bridgehead atoms. The number of halogens is 2. The molecule has 6 heteroatoms. The van der Waals surface area contributed by atoms with Crippen LogP contribution in [0.5, 0.6) is 5.75 Å². The molecule has 2 atom stereocenters. The number of hydrogen-bond donors (Lipinski definition) is 0. The summed E-state index contributed by atoms with van der Waals surface area (Å²) >= 11 is 0. The van der Waals surface area contributed by atoms with Gasteiger partial charge in [-0.1, -0.05) is 12.1 Å². The number of alkyl halides is 2. The Morgan fingerprint density at radius 2 is 2.22 bits per heavy atom. The maximum absolute atomic E-state index is 12.2. The molecule has 2 rings (SSSR count). The highest BCUT2D eigenvalue weighted by Crippen LogP contribution is 2.21. The maximum atomic E-state index is 12.2. The van der Waals surface area contributed by atoms with E-state index in [1.807, 2.05) is 0 Å². The lowest BCUT2D eigenvalue weighted by Gasteiger charge is -2.18. The smallest absolute Gasteiger partial charge is 0.387 e. The summed E-state index contributed by atoms with van der Waals surface area (Å²) in [5, 5.41) is 0. The maximum Gasteiger partial charge on any atom is 0.387 e. The van der Waals surface area contributed by atoms with Gasteiger partial charge in [-0.05, 0) is 24.0 Å². The first-order valence-corrected chi connectivity index (χ1v) is 5.64. The molecule has 1 fully saturated rings. The minimum absolute atomic E-state index is 0.0272. The van der Waals surface area contributed by atoms with Crippen molar-refractivity contribution >= 4 is 13.3 Å². The van der Waals surface area contributed by atoms with Gasteiger partial charge in [-0.2, -0.15) is 8.78 Å². The highest BCUT2D eigenvalue weighted by Gasteiger charge is 2.24. The fourth-order valence-electron chi connectivity index (χ4n) is 1.62. The summed E-state index contributed by atoms with van der Waals surface area (Å²) in [5.74, 6) is -0.0272. The highest BCUT2D eigenvalue weighted by molar-refractivity contribution is 6.35. The monoisotopic (exact) mass is 254 g/mol. The molecule has 18 heavy (non-hydrogen) atoms. The van der Waals surface area contributed by atoms with Gasteiger partial charge in [0.1, 0.15) is 19.7 Å². The predicted molar refractivity (Wildman–Crippen MR) is 62.6 cm³/mol. The van der Waals surface area contributed by atoms with Crippen molar-refractivity contribution in [3.63, 3.8) is 0 Å². The zero-order valence-electron chi connectivity index (χ0n) is 9.94. The lowest BCUT2D eigenvalue weighted by molar-refractivity contribution is -0.0493.